The number of ether oxygens (including phenoxy) is 1. The van der Waals surface area contributed by atoms with Crippen molar-refractivity contribution < 1.29 is 18.7 Å². The summed E-state index contributed by atoms with van der Waals surface area (Å²) in [6.07, 6.45) is 1.57. The van der Waals surface area contributed by atoms with Crippen LogP contribution in [0.4, 0.5) is 16.2 Å². The van der Waals surface area contributed by atoms with Gasteiger partial charge in [-0.25, -0.2) is 9.18 Å². The average molecular weight is 459 g/mol. The number of rotatable bonds is 8. The van der Waals surface area contributed by atoms with E-state index < -0.39 is 17.7 Å². The fourth-order valence-corrected chi connectivity index (χ4v) is 3.18. The van der Waals surface area contributed by atoms with Crippen molar-refractivity contribution >= 4 is 35.2 Å². The minimum Gasteiger partial charge on any atom is -0.461 e. The fourth-order valence-electron chi connectivity index (χ4n) is 3.00. The Hall–Kier alpha value is -3.39. The van der Waals surface area contributed by atoms with E-state index >= 15 is 0 Å². The predicted molar refractivity (Wildman–Crippen MR) is 122 cm³/mol. The maximum atomic E-state index is 13.5. The van der Waals surface area contributed by atoms with Gasteiger partial charge in [-0.15, -0.1) is 0 Å². The lowest BCUT2D eigenvalue weighted by Crippen LogP contribution is -2.19. The first-order chi connectivity index (χ1) is 15.3. The smallest absolute Gasteiger partial charge is 0.359 e. The molecule has 0 bridgehead atoms. The highest BCUT2D eigenvalue weighted by molar-refractivity contribution is 6.31. The van der Waals surface area contributed by atoms with Crippen LogP contribution in [-0.2, 0) is 4.74 Å². The van der Waals surface area contributed by atoms with Gasteiger partial charge in [0.1, 0.15) is 5.82 Å². The third-order valence-electron chi connectivity index (χ3n) is 4.61. The Balaban J connectivity index is 2.08. The molecule has 1 aromatic heterocycles. The van der Waals surface area contributed by atoms with Crippen molar-refractivity contribution in [2.24, 2.45) is 0 Å². The van der Waals surface area contributed by atoms with E-state index in [4.69, 9.17) is 16.3 Å². The van der Waals surface area contributed by atoms with Crippen molar-refractivity contribution in [2.45, 2.75) is 19.8 Å². The van der Waals surface area contributed by atoms with E-state index in [1.807, 2.05) is 37.3 Å². The molecule has 1 heterocycles. The number of amides is 1. The van der Waals surface area contributed by atoms with E-state index in [1.54, 1.807) is 23.6 Å². The molecule has 32 heavy (non-hydrogen) atoms. The number of carbonyl (C=O) groups is 2. The molecular weight excluding hydrogens is 435 g/mol. The van der Waals surface area contributed by atoms with Gasteiger partial charge in [0.05, 0.1) is 11.6 Å². The van der Waals surface area contributed by atoms with Crippen molar-refractivity contribution in [3.63, 3.8) is 0 Å². The summed E-state index contributed by atoms with van der Waals surface area (Å²) in [4.78, 5) is 32.1. The van der Waals surface area contributed by atoms with Crippen molar-refractivity contribution in [2.75, 3.05) is 30.9 Å². The summed E-state index contributed by atoms with van der Waals surface area (Å²) in [5.41, 5.74) is 0.886. The van der Waals surface area contributed by atoms with Crippen LogP contribution in [0.5, 0.6) is 0 Å². The quantitative estimate of drug-likeness (QED) is 0.382. The summed E-state index contributed by atoms with van der Waals surface area (Å²) in [7, 11) is 3.55. The van der Waals surface area contributed by atoms with Gasteiger partial charge in [0.15, 0.2) is 11.5 Å². The monoisotopic (exact) mass is 458 g/mol. The predicted octanol–water partition coefficient (Wildman–Crippen LogP) is 4.94. The maximum Gasteiger partial charge on any atom is 0.359 e. The first-order valence-corrected chi connectivity index (χ1v) is 10.5. The van der Waals surface area contributed by atoms with E-state index in [2.05, 4.69) is 10.3 Å². The summed E-state index contributed by atoms with van der Waals surface area (Å²) in [6, 6.07) is 12.8. The number of aromatic nitrogens is 2. The van der Waals surface area contributed by atoms with E-state index in [0.29, 0.717) is 18.1 Å². The molecule has 1 N–H and O–H groups in total. The van der Waals surface area contributed by atoms with Crippen LogP contribution >= 0.6 is 11.6 Å². The van der Waals surface area contributed by atoms with Gasteiger partial charge in [-0.1, -0.05) is 43.1 Å². The molecule has 168 valence electrons. The molecule has 0 atom stereocenters. The van der Waals surface area contributed by atoms with Crippen molar-refractivity contribution in [1.82, 2.24) is 9.55 Å². The molecule has 0 aliphatic carbocycles. The lowest BCUT2D eigenvalue weighted by molar-refractivity contribution is 0.0492. The van der Waals surface area contributed by atoms with Gasteiger partial charge in [0.25, 0.3) is 5.91 Å². The number of para-hydroxylation sites is 1. The average Bonchev–Trinajstić information content (AvgIpc) is 3.15. The van der Waals surface area contributed by atoms with Gasteiger partial charge in [0.2, 0.25) is 5.95 Å². The third kappa shape index (κ3) is 5.08. The minimum absolute atomic E-state index is 0.0319. The van der Waals surface area contributed by atoms with Crippen LogP contribution in [0.25, 0.3) is 5.69 Å². The number of nitrogens with one attached hydrogen (secondary N) is 1. The molecule has 3 rings (SSSR count). The second-order valence-electron chi connectivity index (χ2n) is 7.25. The van der Waals surface area contributed by atoms with Crippen LogP contribution in [-0.4, -0.2) is 42.1 Å². The second-order valence-corrected chi connectivity index (χ2v) is 7.65. The Morgan fingerprint density at radius 1 is 1.19 bits per heavy atom. The fraction of sp³-hybridized carbons (Fsp3) is 0.261. The van der Waals surface area contributed by atoms with E-state index in [0.717, 1.165) is 12.5 Å². The number of hydrogen-bond donors (Lipinski definition) is 1. The molecule has 0 unspecified atom stereocenters. The van der Waals surface area contributed by atoms with Crippen LogP contribution in [0.15, 0.2) is 48.5 Å². The number of halogens is 2. The normalized spacial score (nSPS) is 10.7. The molecule has 0 aliphatic rings. The SMILES string of the molecule is CCCCOC(=O)c1c(NC(=O)c2ccc(F)c(Cl)c2)nc(N(C)C)n1-c1ccccc1. The lowest BCUT2D eigenvalue weighted by atomic mass is 10.2. The molecule has 0 spiro atoms. The van der Waals surface area contributed by atoms with E-state index in [1.165, 1.54) is 12.1 Å². The Labute approximate surface area is 190 Å². The first-order valence-electron chi connectivity index (χ1n) is 10.1. The first kappa shape index (κ1) is 23.3. The number of carbonyl (C=O) groups excluding carboxylic acids is 2. The number of unbranched alkanes of at least 4 members (excludes halogenated alkanes) is 1. The highest BCUT2D eigenvalue weighted by atomic mass is 35.5. The summed E-state index contributed by atoms with van der Waals surface area (Å²) >= 11 is 5.81. The van der Waals surface area contributed by atoms with Gasteiger partial charge >= 0.3 is 5.97 Å². The molecule has 9 heteroatoms. The molecule has 1 amide bonds. The van der Waals surface area contributed by atoms with Gasteiger partial charge in [-0.05, 0) is 36.8 Å². The molecular formula is C23H24ClFN4O3. The third-order valence-corrected chi connectivity index (χ3v) is 4.90. The molecule has 7 nitrogen and oxygen atoms in total. The summed E-state index contributed by atoms with van der Waals surface area (Å²) in [6.45, 7) is 2.24. The zero-order valence-electron chi connectivity index (χ0n) is 18.1. The zero-order valence-corrected chi connectivity index (χ0v) is 18.8. The number of anilines is 2. The Kier molecular flexibility index (Phi) is 7.48. The van der Waals surface area contributed by atoms with Crippen molar-refractivity contribution in [3.8, 4) is 5.69 Å². The Bertz CT molecular complexity index is 1120. The highest BCUT2D eigenvalue weighted by Gasteiger charge is 2.28. The molecule has 0 radical (unpaired) electrons. The zero-order chi connectivity index (χ0) is 23.3. The maximum absolute atomic E-state index is 13.5. The molecule has 0 saturated heterocycles. The van der Waals surface area contributed by atoms with Crippen LogP contribution in [0.2, 0.25) is 5.02 Å². The summed E-state index contributed by atoms with van der Waals surface area (Å²) in [5, 5.41) is 2.47. The molecule has 3 aromatic rings. The van der Waals surface area contributed by atoms with Crippen LogP contribution in [0, 0.1) is 5.82 Å². The van der Waals surface area contributed by atoms with Crippen LogP contribution in [0.3, 0.4) is 0 Å². The highest BCUT2D eigenvalue weighted by Crippen LogP contribution is 2.29. The number of hydrogen-bond acceptors (Lipinski definition) is 5. The van der Waals surface area contributed by atoms with Gasteiger partial charge < -0.3 is 15.0 Å². The number of esters is 1. The molecule has 0 saturated carbocycles. The van der Waals surface area contributed by atoms with E-state index in [9.17, 15) is 14.0 Å². The van der Waals surface area contributed by atoms with Gasteiger partial charge in [-0.3, -0.25) is 9.36 Å². The van der Waals surface area contributed by atoms with Crippen molar-refractivity contribution in [3.05, 3.63) is 70.6 Å². The Morgan fingerprint density at radius 2 is 1.91 bits per heavy atom. The Morgan fingerprint density at radius 3 is 2.53 bits per heavy atom. The number of imidazole rings is 1. The second kappa shape index (κ2) is 10.3. The van der Waals surface area contributed by atoms with Gasteiger partial charge in [0, 0.05) is 25.3 Å². The topological polar surface area (TPSA) is 76.5 Å². The van der Waals surface area contributed by atoms with Crippen LogP contribution < -0.4 is 10.2 Å². The molecule has 0 fully saturated rings. The van der Waals surface area contributed by atoms with Crippen LogP contribution in [0.1, 0.15) is 40.6 Å². The largest absolute Gasteiger partial charge is 0.461 e. The number of benzene rings is 2. The lowest BCUT2D eigenvalue weighted by Gasteiger charge is -2.16. The minimum atomic E-state index is -0.633. The van der Waals surface area contributed by atoms with Gasteiger partial charge in [-0.2, -0.15) is 4.98 Å². The molecule has 2 aromatic carbocycles. The van der Waals surface area contributed by atoms with Crippen molar-refractivity contribution in [1.29, 1.82) is 0 Å². The summed E-state index contributed by atoms with van der Waals surface area (Å²) in [5.74, 6) is -1.38. The summed E-state index contributed by atoms with van der Waals surface area (Å²) < 4.78 is 20.6. The molecule has 0 aliphatic heterocycles. The van der Waals surface area contributed by atoms with E-state index in [-0.39, 0.29) is 28.7 Å². The number of nitrogens with zero attached hydrogens (tertiary/aromatic N) is 3. The standard InChI is InChI=1S/C23H24ClFN4O3/c1-4-5-13-32-22(31)19-20(26-21(30)15-11-12-18(25)17(24)14-15)27-23(28(2)3)29(19)16-9-7-6-8-10-16/h6-12,14H,4-5,13H2,1-3H3,(H,26,30).